The molecule has 0 saturated carbocycles. The first-order chi connectivity index (χ1) is 12.7. The van der Waals surface area contributed by atoms with Crippen molar-refractivity contribution in [1.82, 2.24) is 14.1 Å². The third-order valence-corrected chi connectivity index (χ3v) is 6.72. The van der Waals surface area contributed by atoms with Gasteiger partial charge >= 0.3 is 6.55 Å². The summed E-state index contributed by atoms with van der Waals surface area (Å²) in [7, 11) is -3.95. The van der Waals surface area contributed by atoms with Gasteiger partial charge in [0.05, 0.1) is 11.4 Å². The molecule has 1 aromatic carbocycles. The van der Waals surface area contributed by atoms with Crippen molar-refractivity contribution in [3.8, 4) is 5.75 Å². The highest BCUT2D eigenvalue weighted by atomic mass is 32.2. The molecule has 2 aromatic rings. The van der Waals surface area contributed by atoms with E-state index in [1.54, 1.807) is 12.1 Å². The fourth-order valence-corrected chi connectivity index (χ4v) is 5.08. The normalized spacial score (nSPS) is 16.8. The van der Waals surface area contributed by atoms with E-state index >= 15 is 0 Å². The molecule has 0 spiro atoms. The molecular weight excluding hydrogens is 383 g/mol. The maximum atomic E-state index is 13.7. The summed E-state index contributed by atoms with van der Waals surface area (Å²) in [6, 6.07) is 6.02. The Morgan fingerprint density at radius 1 is 1.19 bits per heavy atom. The molecule has 0 N–H and O–H groups in total. The molecule has 0 amide bonds. The number of sulfonamides is 1. The molecule has 0 aliphatic carbocycles. The molecule has 1 saturated heterocycles. The maximum Gasteiger partial charge on any atom is 0.333 e. The summed E-state index contributed by atoms with van der Waals surface area (Å²) < 4.78 is 72.8. The lowest BCUT2D eigenvalue weighted by molar-refractivity contribution is 0.0538. The van der Waals surface area contributed by atoms with E-state index in [-0.39, 0.29) is 41.2 Å². The van der Waals surface area contributed by atoms with Crippen molar-refractivity contribution in [3.63, 3.8) is 0 Å². The summed E-state index contributed by atoms with van der Waals surface area (Å²) in [5.74, 6) is -0.345. The second-order valence-corrected chi connectivity index (χ2v) is 8.25. The molecule has 0 bridgehead atoms. The van der Waals surface area contributed by atoms with Crippen molar-refractivity contribution < 1.29 is 26.3 Å². The first kappa shape index (κ1) is 19.7. The number of piperidine rings is 1. The molecule has 0 unspecified atom stereocenters. The van der Waals surface area contributed by atoms with E-state index in [2.05, 4.69) is 5.10 Å². The monoisotopic (exact) mass is 403 g/mol. The van der Waals surface area contributed by atoms with Crippen LogP contribution in [0.5, 0.6) is 5.75 Å². The first-order valence-corrected chi connectivity index (χ1v) is 9.91. The van der Waals surface area contributed by atoms with Gasteiger partial charge in [0.15, 0.2) is 11.6 Å². The molecule has 0 atom stereocenters. The van der Waals surface area contributed by atoms with Crippen LogP contribution in [0.15, 0.2) is 29.2 Å². The van der Waals surface area contributed by atoms with E-state index in [9.17, 15) is 21.6 Å². The zero-order valence-corrected chi connectivity index (χ0v) is 15.7. The summed E-state index contributed by atoms with van der Waals surface area (Å²) in [5.41, 5.74) is -0.0511. The second-order valence-electron chi connectivity index (χ2n) is 6.37. The van der Waals surface area contributed by atoms with Gasteiger partial charge in [-0.3, -0.25) is 0 Å². The number of hydrogen-bond donors (Lipinski definition) is 0. The van der Waals surface area contributed by atoms with Crippen LogP contribution in [0.4, 0.5) is 13.2 Å². The van der Waals surface area contributed by atoms with Gasteiger partial charge in [-0.2, -0.15) is 18.2 Å². The molecule has 0 radical (unpaired) electrons. The van der Waals surface area contributed by atoms with E-state index in [4.69, 9.17) is 4.74 Å². The van der Waals surface area contributed by atoms with Gasteiger partial charge in [-0.25, -0.2) is 17.5 Å². The third-order valence-electron chi connectivity index (χ3n) is 4.57. The molecule has 27 heavy (non-hydrogen) atoms. The largest absolute Gasteiger partial charge is 0.487 e. The minimum Gasteiger partial charge on any atom is -0.487 e. The standard InChI is InChI=1S/C17H20F3N3O3S/c1-11-16(12(2)23(21-11)17(19)20)27(24,25)22-9-7-13(8-10-22)26-15-6-4-3-5-14(15)18/h3-6,13,17H,7-10H2,1-2H3. The number of hydrogen-bond acceptors (Lipinski definition) is 4. The highest BCUT2D eigenvalue weighted by molar-refractivity contribution is 7.89. The van der Waals surface area contributed by atoms with Crippen LogP contribution >= 0.6 is 0 Å². The Labute approximate surface area is 155 Å². The number of nitrogens with zero attached hydrogens (tertiary/aromatic N) is 3. The van der Waals surface area contributed by atoms with E-state index in [0.29, 0.717) is 17.5 Å². The fraction of sp³-hybridized carbons (Fsp3) is 0.471. The molecule has 6 nitrogen and oxygen atoms in total. The Morgan fingerprint density at radius 2 is 1.81 bits per heavy atom. The zero-order valence-electron chi connectivity index (χ0n) is 14.9. The predicted octanol–water partition coefficient (Wildman–Crippen LogP) is 3.27. The van der Waals surface area contributed by atoms with Gasteiger partial charge in [-0.15, -0.1) is 0 Å². The van der Waals surface area contributed by atoms with Crippen LogP contribution in [0.25, 0.3) is 0 Å². The van der Waals surface area contributed by atoms with Crippen LogP contribution in [0.2, 0.25) is 0 Å². The number of alkyl halides is 2. The number of para-hydroxylation sites is 1. The molecule has 1 aromatic heterocycles. The molecule has 1 aliphatic heterocycles. The summed E-state index contributed by atoms with van der Waals surface area (Å²) in [4.78, 5) is -0.184. The second kappa shape index (κ2) is 7.51. The Kier molecular flexibility index (Phi) is 5.48. The van der Waals surface area contributed by atoms with Crippen LogP contribution < -0.4 is 4.74 Å². The van der Waals surface area contributed by atoms with Crippen molar-refractivity contribution >= 4 is 10.0 Å². The van der Waals surface area contributed by atoms with Crippen LogP contribution in [-0.4, -0.2) is 41.7 Å². The van der Waals surface area contributed by atoms with E-state index < -0.39 is 22.4 Å². The lowest BCUT2D eigenvalue weighted by Crippen LogP contribution is -2.42. The number of aryl methyl sites for hydroxylation is 1. The maximum absolute atomic E-state index is 13.7. The molecule has 10 heteroatoms. The average molecular weight is 403 g/mol. The Bertz CT molecular complexity index is 923. The summed E-state index contributed by atoms with van der Waals surface area (Å²) in [6.45, 7) is 0.104. The average Bonchev–Trinajstić information content (AvgIpc) is 2.93. The van der Waals surface area contributed by atoms with Crippen LogP contribution in [0, 0.1) is 19.7 Å². The van der Waals surface area contributed by atoms with Gasteiger partial charge < -0.3 is 4.74 Å². The number of benzene rings is 1. The van der Waals surface area contributed by atoms with Crippen LogP contribution in [0.3, 0.4) is 0 Å². The van der Waals surface area contributed by atoms with E-state index in [1.807, 2.05) is 0 Å². The van der Waals surface area contributed by atoms with Crippen molar-refractivity contribution in [2.75, 3.05) is 13.1 Å². The number of rotatable bonds is 5. The third kappa shape index (κ3) is 3.81. The molecular formula is C17H20F3N3O3S. The summed E-state index contributed by atoms with van der Waals surface area (Å²) in [5, 5.41) is 3.65. The molecule has 2 heterocycles. The first-order valence-electron chi connectivity index (χ1n) is 8.47. The van der Waals surface area contributed by atoms with Gasteiger partial charge in [-0.1, -0.05) is 12.1 Å². The van der Waals surface area contributed by atoms with Gasteiger partial charge in [0.1, 0.15) is 11.0 Å². The lowest BCUT2D eigenvalue weighted by Gasteiger charge is -2.31. The molecule has 1 aliphatic rings. The Morgan fingerprint density at radius 3 is 2.37 bits per heavy atom. The lowest BCUT2D eigenvalue weighted by atomic mass is 10.1. The smallest absolute Gasteiger partial charge is 0.333 e. The molecule has 1 fully saturated rings. The van der Waals surface area contributed by atoms with Crippen LogP contribution in [-0.2, 0) is 10.0 Å². The van der Waals surface area contributed by atoms with Crippen molar-refractivity contribution in [2.45, 2.75) is 44.2 Å². The number of aromatic nitrogens is 2. The zero-order chi connectivity index (χ0) is 19.8. The van der Waals surface area contributed by atoms with Gasteiger partial charge in [-0.05, 0) is 38.8 Å². The van der Waals surface area contributed by atoms with Crippen molar-refractivity contribution in [3.05, 3.63) is 41.5 Å². The fourth-order valence-electron chi connectivity index (χ4n) is 3.25. The minimum atomic E-state index is -3.95. The van der Waals surface area contributed by atoms with Gasteiger partial charge in [0, 0.05) is 13.1 Å². The van der Waals surface area contributed by atoms with Crippen molar-refractivity contribution in [2.24, 2.45) is 0 Å². The van der Waals surface area contributed by atoms with Crippen LogP contribution in [0.1, 0.15) is 30.8 Å². The Hall–Kier alpha value is -2.07. The minimum absolute atomic E-state index is 0.0394. The van der Waals surface area contributed by atoms with E-state index in [1.165, 1.54) is 30.3 Å². The van der Waals surface area contributed by atoms with Gasteiger partial charge in [0.2, 0.25) is 10.0 Å². The summed E-state index contributed by atoms with van der Waals surface area (Å²) in [6.07, 6.45) is 0.419. The number of halogens is 3. The highest BCUT2D eigenvalue weighted by Gasteiger charge is 2.35. The van der Waals surface area contributed by atoms with E-state index in [0.717, 1.165) is 0 Å². The number of ether oxygens (including phenoxy) is 1. The topological polar surface area (TPSA) is 64.4 Å². The quantitative estimate of drug-likeness (QED) is 0.769. The summed E-state index contributed by atoms with van der Waals surface area (Å²) >= 11 is 0. The molecule has 3 rings (SSSR count). The Balaban J connectivity index is 1.73. The predicted molar refractivity (Wildman–Crippen MR) is 91.8 cm³/mol. The SMILES string of the molecule is Cc1nn(C(F)F)c(C)c1S(=O)(=O)N1CCC(Oc2ccccc2F)CC1. The highest BCUT2D eigenvalue weighted by Crippen LogP contribution is 2.29. The van der Waals surface area contributed by atoms with Gasteiger partial charge in [0.25, 0.3) is 0 Å². The molecule has 148 valence electrons. The van der Waals surface area contributed by atoms with Crippen molar-refractivity contribution in [1.29, 1.82) is 0 Å².